The number of hydrogen-bond acceptors (Lipinski definition) is 2. The van der Waals surface area contributed by atoms with Crippen molar-refractivity contribution in [2.75, 3.05) is 6.61 Å². The molecular formula is C15H20ClNO. The zero-order valence-electron chi connectivity index (χ0n) is 10.8. The molecule has 2 aliphatic rings. The van der Waals surface area contributed by atoms with Gasteiger partial charge in [0.15, 0.2) is 0 Å². The highest BCUT2D eigenvalue weighted by molar-refractivity contribution is 6.30. The monoisotopic (exact) mass is 265 g/mol. The quantitative estimate of drug-likeness (QED) is 0.903. The Kier molecular flexibility index (Phi) is 3.60. The minimum atomic E-state index is 0.390. The fourth-order valence-electron chi connectivity index (χ4n) is 3.18. The van der Waals surface area contributed by atoms with Gasteiger partial charge in [-0.05, 0) is 55.9 Å². The average molecular weight is 266 g/mol. The molecule has 0 spiro atoms. The van der Waals surface area contributed by atoms with E-state index in [1.807, 2.05) is 6.07 Å². The van der Waals surface area contributed by atoms with E-state index in [0.29, 0.717) is 18.2 Å². The van der Waals surface area contributed by atoms with E-state index in [1.165, 1.54) is 30.4 Å². The highest BCUT2D eigenvalue weighted by Crippen LogP contribution is 2.33. The van der Waals surface area contributed by atoms with Crippen molar-refractivity contribution in [3.05, 3.63) is 34.3 Å². The Morgan fingerprint density at radius 2 is 2.28 bits per heavy atom. The minimum Gasteiger partial charge on any atom is -0.377 e. The summed E-state index contributed by atoms with van der Waals surface area (Å²) in [6, 6.07) is 7.17. The number of halogens is 1. The molecule has 1 aromatic rings. The molecule has 1 aliphatic carbocycles. The molecule has 1 fully saturated rings. The van der Waals surface area contributed by atoms with Crippen LogP contribution in [0, 0.1) is 0 Å². The van der Waals surface area contributed by atoms with Gasteiger partial charge in [0.05, 0.1) is 6.10 Å². The number of hydrogen-bond donors (Lipinski definition) is 1. The number of fused-ring (bicyclic) bond motifs is 1. The summed E-state index contributed by atoms with van der Waals surface area (Å²) < 4.78 is 5.75. The van der Waals surface area contributed by atoms with Gasteiger partial charge < -0.3 is 10.1 Å². The van der Waals surface area contributed by atoms with Crippen molar-refractivity contribution in [3.63, 3.8) is 0 Å². The molecule has 0 aromatic heterocycles. The highest BCUT2D eigenvalue weighted by atomic mass is 35.5. The van der Waals surface area contributed by atoms with Gasteiger partial charge in [0.1, 0.15) is 0 Å². The van der Waals surface area contributed by atoms with Gasteiger partial charge in [0.2, 0.25) is 0 Å². The van der Waals surface area contributed by atoms with Crippen molar-refractivity contribution in [3.8, 4) is 0 Å². The molecule has 1 heterocycles. The summed E-state index contributed by atoms with van der Waals surface area (Å²) in [5.41, 5.74) is 2.82. The maximum atomic E-state index is 6.04. The van der Waals surface area contributed by atoms with Crippen LogP contribution >= 0.6 is 11.6 Å². The van der Waals surface area contributed by atoms with Gasteiger partial charge in [0, 0.05) is 23.7 Å². The van der Waals surface area contributed by atoms with Crippen LogP contribution in [0.15, 0.2) is 18.2 Å². The van der Waals surface area contributed by atoms with E-state index in [0.717, 1.165) is 18.1 Å². The lowest BCUT2D eigenvalue weighted by molar-refractivity contribution is 0.0797. The Hall–Kier alpha value is -0.570. The van der Waals surface area contributed by atoms with Gasteiger partial charge in [-0.1, -0.05) is 17.7 Å². The van der Waals surface area contributed by atoms with Crippen LogP contribution in [-0.2, 0) is 11.2 Å². The third kappa shape index (κ3) is 2.42. The highest BCUT2D eigenvalue weighted by Gasteiger charge is 2.28. The van der Waals surface area contributed by atoms with Crippen molar-refractivity contribution in [2.24, 2.45) is 0 Å². The van der Waals surface area contributed by atoms with Gasteiger partial charge in [0.25, 0.3) is 0 Å². The molecule has 3 unspecified atom stereocenters. The molecule has 3 atom stereocenters. The Bertz CT molecular complexity index is 429. The molecule has 18 heavy (non-hydrogen) atoms. The molecule has 0 amide bonds. The van der Waals surface area contributed by atoms with Gasteiger partial charge >= 0.3 is 0 Å². The SMILES string of the molecule is CC(NC1CCc2cc(Cl)ccc21)C1CCCO1. The molecule has 3 rings (SSSR count). The van der Waals surface area contributed by atoms with Gasteiger partial charge in [-0.3, -0.25) is 0 Å². The summed E-state index contributed by atoms with van der Waals surface area (Å²) in [7, 11) is 0. The van der Waals surface area contributed by atoms with E-state index in [2.05, 4.69) is 24.4 Å². The molecule has 0 saturated carbocycles. The molecule has 1 aromatic carbocycles. The molecule has 1 aliphatic heterocycles. The first-order chi connectivity index (χ1) is 8.74. The van der Waals surface area contributed by atoms with Crippen LogP contribution in [-0.4, -0.2) is 18.8 Å². The van der Waals surface area contributed by atoms with Crippen molar-refractivity contribution in [1.29, 1.82) is 0 Å². The molecule has 3 heteroatoms. The Morgan fingerprint density at radius 3 is 3.06 bits per heavy atom. The summed E-state index contributed by atoms with van der Waals surface area (Å²) >= 11 is 6.04. The zero-order valence-corrected chi connectivity index (χ0v) is 11.5. The van der Waals surface area contributed by atoms with Crippen LogP contribution in [0.2, 0.25) is 5.02 Å². The summed E-state index contributed by atoms with van der Waals surface area (Å²) in [6.45, 7) is 3.16. The second kappa shape index (κ2) is 5.20. The fraction of sp³-hybridized carbons (Fsp3) is 0.600. The first-order valence-electron chi connectivity index (χ1n) is 6.90. The Morgan fingerprint density at radius 1 is 1.39 bits per heavy atom. The average Bonchev–Trinajstić information content (AvgIpc) is 2.98. The number of nitrogens with one attached hydrogen (secondary N) is 1. The second-order valence-corrected chi connectivity index (χ2v) is 5.88. The first kappa shape index (κ1) is 12.5. The third-order valence-corrected chi connectivity index (χ3v) is 4.40. The minimum absolute atomic E-state index is 0.390. The summed E-state index contributed by atoms with van der Waals surface area (Å²) in [4.78, 5) is 0. The predicted molar refractivity (Wildman–Crippen MR) is 74.1 cm³/mol. The topological polar surface area (TPSA) is 21.3 Å². The van der Waals surface area contributed by atoms with E-state index < -0.39 is 0 Å². The lowest BCUT2D eigenvalue weighted by Crippen LogP contribution is -2.38. The number of ether oxygens (including phenoxy) is 1. The predicted octanol–water partition coefficient (Wildman–Crippen LogP) is 3.48. The summed E-state index contributed by atoms with van der Waals surface area (Å²) in [6.07, 6.45) is 5.09. The molecule has 1 N–H and O–H groups in total. The maximum absolute atomic E-state index is 6.04. The molecule has 0 bridgehead atoms. The normalized spacial score (nSPS) is 28.3. The second-order valence-electron chi connectivity index (χ2n) is 5.44. The van der Waals surface area contributed by atoms with Crippen LogP contribution in [0.1, 0.15) is 43.4 Å². The Labute approximate surface area is 114 Å². The van der Waals surface area contributed by atoms with E-state index in [4.69, 9.17) is 16.3 Å². The summed E-state index contributed by atoms with van der Waals surface area (Å²) in [5.74, 6) is 0. The van der Waals surface area contributed by atoms with Crippen LogP contribution in [0.4, 0.5) is 0 Å². The van der Waals surface area contributed by atoms with E-state index in [9.17, 15) is 0 Å². The van der Waals surface area contributed by atoms with E-state index in [-0.39, 0.29) is 0 Å². The van der Waals surface area contributed by atoms with E-state index in [1.54, 1.807) is 0 Å². The van der Waals surface area contributed by atoms with Gasteiger partial charge in [-0.2, -0.15) is 0 Å². The maximum Gasteiger partial charge on any atom is 0.0726 e. The largest absolute Gasteiger partial charge is 0.377 e. The number of rotatable bonds is 3. The van der Waals surface area contributed by atoms with Crippen molar-refractivity contribution >= 4 is 11.6 Å². The van der Waals surface area contributed by atoms with Crippen LogP contribution in [0.25, 0.3) is 0 Å². The number of aryl methyl sites for hydroxylation is 1. The van der Waals surface area contributed by atoms with Gasteiger partial charge in [-0.25, -0.2) is 0 Å². The zero-order chi connectivity index (χ0) is 12.5. The van der Waals surface area contributed by atoms with Crippen molar-refractivity contribution < 1.29 is 4.74 Å². The van der Waals surface area contributed by atoms with Crippen molar-refractivity contribution in [1.82, 2.24) is 5.32 Å². The van der Waals surface area contributed by atoms with Crippen LogP contribution < -0.4 is 5.32 Å². The molecule has 0 radical (unpaired) electrons. The molecular weight excluding hydrogens is 246 g/mol. The molecule has 1 saturated heterocycles. The molecule has 2 nitrogen and oxygen atoms in total. The smallest absolute Gasteiger partial charge is 0.0726 e. The molecule has 98 valence electrons. The van der Waals surface area contributed by atoms with Crippen molar-refractivity contribution in [2.45, 2.75) is 50.8 Å². The Balaban J connectivity index is 1.68. The van der Waals surface area contributed by atoms with Crippen LogP contribution in [0.3, 0.4) is 0 Å². The lowest BCUT2D eigenvalue weighted by atomic mass is 10.0. The number of benzene rings is 1. The standard InChI is InChI=1S/C15H20ClNO/c1-10(15-3-2-8-18-15)17-14-7-4-11-9-12(16)5-6-13(11)14/h5-6,9-10,14-15,17H,2-4,7-8H2,1H3. The summed E-state index contributed by atoms with van der Waals surface area (Å²) in [5, 5.41) is 4.58. The van der Waals surface area contributed by atoms with Gasteiger partial charge in [-0.15, -0.1) is 0 Å². The fourth-order valence-corrected chi connectivity index (χ4v) is 3.38. The lowest BCUT2D eigenvalue weighted by Gasteiger charge is -2.24. The van der Waals surface area contributed by atoms with Crippen LogP contribution in [0.5, 0.6) is 0 Å². The van der Waals surface area contributed by atoms with E-state index >= 15 is 0 Å². The third-order valence-electron chi connectivity index (χ3n) is 4.17. The first-order valence-corrected chi connectivity index (χ1v) is 7.28.